The second-order valence-electron chi connectivity index (χ2n) is 7.01. The van der Waals surface area contributed by atoms with Gasteiger partial charge in [0.05, 0.1) is 5.56 Å². The Kier molecular flexibility index (Phi) is 5.53. The number of anilines is 1. The lowest BCUT2D eigenvalue weighted by Gasteiger charge is -2.39. The van der Waals surface area contributed by atoms with Crippen LogP contribution < -0.4 is 9.64 Å². The standard InChI is InChI=1S/C21H25N5O2/c1-3-17-14-26(12-11-25(17)2)20-10-9-16(13-22-20)21-23-19(24-28-21)15-27-18-7-5-4-6-8-18/h4-10,13,17H,3,11-12,14-15H2,1-2H3/t17-/m1/s1. The fourth-order valence-electron chi connectivity index (χ4n) is 3.39. The van der Waals surface area contributed by atoms with Crippen molar-refractivity contribution in [3.8, 4) is 17.2 Å². The molecule has 7 nitrogen and oxygen atoms in total. The third kappa shape index (κ3) is 4.14. The van der Waals surface area contributed by atoms with E-state index in [1.165, 1.54) is 0 Å². The SMILES string of the molecule is CC[C@@H]1CN(c2ccc(-c3nc(COc4ccccc4)no3)cn2)CCN1C. The number of aromatic nitrogens is 3. The summed E-state index contributed by atoms with van der Waals surface area (Å²) in [6.07, 6.45) is 2.94. The quantitative estimate of drug-likeness (QED) is 0.651. The number of rotatable bonds is 6. The molecule has 7 heteroatoms. The molecular formula is C21H25N5O2. The van der Waals surface area contributed by atoms with Crippen molar-refractivity contribution in [1.29, 1.82) is 0 Å². The molecule has 0 aliphatic carbocycles. The number of likely N-dealkylation sites (N-methyl/N-ethyl adjacent to an activating group) is 1. The van der Waals surface area contributed by atoms with Gasteiger partial charge in [0, 0.05) is 31.9 Å². The van der Waals surface area contributed by atoms with Gasteiger partial charge in [-0.3, -0.25) is 4.90 Å². The van der Waals surface area contributed by atoms with Crippen molar-refractivity contribution in [2.45, 2.75) is 26.0 Å². The summed E-state index contributed by atoms with van der Waals surface area (Å²) in [5.74, 6) is 2.73. The van der Waals surface area contributed by atoms with Crippen LogP contribution >= 0.6 is 0 Å². The van der Waals surface area contributed by atoms with E-state index in [2.05, 4.69) is 38.9 Å². The van der Waals surface area contributed by atoms with Crippen molar-refractivity contribution in [3.05, 3.63) is 54.5 Å². The summed E-state index contributed by atoms with van der Waals surface area (Å²) in [7, 11) is 2.19. The van der Waals surface area contributed by atoms with Gasteiger partial charge in [-0.2, -0.15) is 4.98 Å². The fourth-order valence-corrected chi connectivity index (χ4v) is 3.39. The summed E-state index contributed by atoms with van der Waals surface area (Å²) >= 11 is 0. The third-order valence-electron chi connectivity index (χ3n) is 5.15. The van der Waals surface area contributed by atoms with E-state index in [0.717, 1.165) is 43.2 Å². The molecule has 0 bridgehead atoms. The molecule has 28 heavy (non-hydrogen) atoms. The first kappa shape index (κ1) is 18.4. The van der Waals surface area contributed by atoms with Crippen LogP contribution in [0.4, 0.5) is 5.82 Å². The van der Waals surface area contributed by atoms with Crippen molar-refractivity contribution in [3.63, 3.8) is 0 Å². The van der Waals surface area contributed by atoms with Gasteiger partial charge in [0.1, 0.15) is 11.6 Å². The average molecular weight is 379 g/mol. The van der Waals surface area contributed by atoms with Gasteiger partial charge in [-0.15, -0.1) is 0 Å². The molecule has 1 aliphatic heterocycles. The number of benzene rings is 1. The van der Waals surface area contributed by atoms with Crippen molar-refractivity contribution in [1.82, 2.24) is 20.0 Å². The van der Waals surface area contributed by atoms with Crippen LogP contribution in [0.3, 0.4) is 0 Å². The second-order valence-corrected chi connectivity index (χ2v) is 7.01. The van der Waals surface area contributed by atoms with Crippen LogP contribution in [0.15, 0.2) is 53.2 Å². The van der Waals surface area contributed by atoms with Crippen LogP contribution in [0, 0.1) is 0 Å². The fraction of sp³-hybridized carbons (Fsp3) is 0.381. The zero-order valence-electron chi connectivity index (χ0n) is 16.3. The molecule has 1 aromatic carbocycles. The van der Waals surface area contributed by atoms with E-state index in [9.17, 15) is 0 Å². The number of nitrogens with zero attached hydrogens (tertiary/aromatic N) is 5. The summed E-state index contributed by atoms with van der Waals surface area (Å²) in [6, 6.07) is 14.2. The Morgan fingerprint density at radius 2 is 2.00 bits per heavy atom. The van der Waals surface area contributed by atoms with E-state index in [4.69, 9.17) is 9.26 Å². The second kappa shape index (κ2) is 8.39. The highest BCUT2D eigenvalue weighted by atomic mass is 16.5. The minimum atomic E-state index is 0.263. The van der Waals surface area contributed by atoms with Crippen LogP contribution in [0.1, 0.15) is 19.2 Å². The molecule has 1 aliphatic rings. The maximum Gasteiger partial charge on any atom is 0.259 e. The Labute approximate surface area is 164 Å². The largest absolute Gasteiger partial charge is 0.485 e. The van der Waals surface area contributed by atoms with Crippen molar-refractivity contribution < 1.29 is 9.26 Å². The maximum atomic E-state index is 5.66. The highest BCUT2D eigenvalue weighted by molar-refractivity contribution is 5.54. The van der Waals surface area contributed by atoms with Gasteiger partial charge in [-0.05, 0) is 37.7 Å². The summed E-state index contributed by atoms with van der Waals surface area (Å²) in [5.41, 5.74) is 0.809. The normalized spacial score (nSPS) is 17.6. The van der Waals surface area contributed by atoms with Gasteiger partial charge >= 0.3 is 0 Å². The molecule has 0 spiro atoms. The summed E-state index contributed by atoms with van der Waals surface area (Å²) < 4.78 is 11.0. The molecule has 0 N–H and O–H groups in total. The van der Waals surface area contributed by atoms with Crippen LogP contribution in [-0.4, -0.2) is 52.7 Å². The maximum absolute atomic E-state index is 5.66. The zero-order chi connectivity index (χ0) is 19.3. The monoisotopic (exact) mass is 379 g/mol. The van der Waals surface area contributed by atoms with E-state index < -0.39 is 0 Å². The lowest BCUT2D eigenvalue weighted by Crippen LogP contribution is -2.51. The first-order valence-corrected chi connectivity index (χ1v) is 9.65. The van der Waals surface area contributed by atoms with Crippen molar-refractivity contribution >= 4 is 5.82 Å². The number of ether oxygens (including phenoxy) is 1. The van der Waals surface area contributed by atoms with Gasteiger partial charge in [0.15, 0.2) is 6.61 Å². The third-order valence-corrected chi connectivity index (χ3v) is 5.15. The number of piperazine rings is 1. The number of hydrogen-bond acceptors (Lipinski definition) is 7. The van der Waals surface area contributed by atoms with Crippen molar-refractivity contribution in [2.75, 3.05) is 31.6 Å². The Balaban J connectivity index is 1.39. The van der Waals surface area contributed by atoms with Crippen molar-refractivity contribution in [2.24, 2.45) is 0 Å². The topological polar surface area (TPSA) is 67.5 Å². The summed E-state index contributed by atoms with van der Waals surface area (Å²) in [6.45, 7) is 5.53. The molecule has 4 rings (SSSR count). The smallest absolute Gasteiger partial charge is 0.259 e. The van der Waals surface area contributed by atoms with E-state index in [0.29, 0.717) is 17.8 Å². The van der Waals surface area contributed by atoms with E-state index in [1.54, 1.807) is 6.20 Å². The first-order chi connectivity index (χ1) is 13.7. The lowest BCUT2D eigenvalue weighted by atomic mass is 10.1. The average Bonchev–Trinajstić information content (AvgIpc) is 3.23. The molecule has 0 saturated carbocycles. The molecule has 3 heterocycles. The molecule has 1 saturated heterocycles. The number of hydrogen-bond donors (Lipinski definition) is 0. The highest BCUT2D eigenvalue weighted by Crippen LogP contribution is 2.22. The Morgan fingerprint density at radius 3 is 2.75 bits per heavy atom. The van der Waals surface area contributed by atoms with Gasteiger partial charge < -0.3 is 14.2 Å². The first-order valence-electron chi connectivity index (χ1n) is 9.65. The minimum absolute atomic E-state index is 0.263. The Morgan fingerprint density at radius 1 is 1.14 bits per heavy atom. The number of para-hydroxylation sites is 1. The molecule has 2 aromatic heterocycles. The van der Waals surface area contributed by atoms with E-state index in [-0.39, 0.29) is 6.61 Å². The van der Waals surface area contributed by atoms with Crippen LogP contribution in [0.5, 0.6) is 5.75 Å². The predicted molar refractivity (Wildman–Crippen MR) is 107 cm³/mol. The van der Waals surface area contributed by atoms with Crippen LogP contribution in [0.2, 0.25) is 0 Å². The molecule has 146 valence electrons. The van der Waals surface area contributed by atoms with Gasteiger partial charge in [0.25, 0.3) is 5.89 Å². The van der Waals surface area contributed by atoms with Gasteiger partial charge in [0.2, 0.25) is 5.82 Å². The minimum Gasteiger partial charge on any atom is -0.485 e. The molecule has 1 fully saturated rings. The van der Waals surface area contributed by atoms with Crippen LogP contribution in [0.25, 0.3) is 11.5 Å². The molecular weight excluding hydrogens is 354 g/mol. The van der Waals surface area contributed by atoms with Gasteiger partial charge in [-0.1, -0.05) is 30.3 Å². The van der Waals surface area contributed by atoms with Gasteiger partial charge in [-0.25, -0.2) is 4.98 Å². The highest BCUT2D eigenvalue weighted by Gasteiger charge is 2.23. The van der Waals surface area contributed by atoms with E-state index in [1.807, 2.05) is 42.5 Å². The van der Waals surface area contributed by atoms with E-state index >= 15 is 0 Å². The Hall–Kier alpha value is -2.93. The zero-order valence-corrected chi connectivity index (χ0v) is 16.3. The predicted octanol–water partition coefficient (Wildman–Crippen LogP) is 3.24. The molecule has 0 radical (unpaired) electrons. The molecule has 3 aromatic rings. The molecule has 0 amide bonds. The summed E-state index contributed by atoms with van der Waals surface area (Å²) in [4.78, 5) is 13.8. The molecule has 0 unspecified atom stereocenters. The van der Waals surface area contributed by atoms with Crippen LogP contribution in [-0.2, 0) is 6.61 Å². The number of pyridine rings is 1. The Bertz CT molecular complexity index is 881. The summed E-state index contributed by atoms with van der Waals surface area (Å²) in [5, 5.41) is 3.99. The lowest BCUT2D eigenvalue weighted by molar-refractivity contribution is 0.213. The molecule has 1 atom stereocenters.